The number of esters is 1. The van der Waals surface area contributed by atoms with Gasteiger partial charge >= 0.3 is 5.97 Å². The maximum atomic E-state index is 11.4. The first-order chi connectivity index (χ1) is 16.5. The molecule has 2 unspecified atom stereocenters. The Morgan fingerprint density at radius 2 is 2.00 bits per heavy atom. The quantitative estimate of drug-likeness (QED) is 0.208. The van der Waals surface area contributed by atoms with E-state index in [1.165, 1.54) is 13.3 Å². The van der Waals surface area contributed by atoms with Gasteiger partial charge in [-0.05, 0) is 31.9 Å². The highest BCUT2D eigenvalue weighted by Gasteiger charge is 2.51. The Bertz CT molecular complexity index is 972. The van der Waals surface area contributed by atoms with Gasteiger partial charge < -0.3 is 19.5 Å². The number of ether oxygens (including phenoxy) is 3. The van der Waals surface area contributed by atoms with E-state index < -0.39 is 30.5 Å². The van der Waals surface area contributed by atoms with Crippen molar-refractivity contribution in [1.29, 1.82) is 0 Å². The van der Waals surface area contributed by atoms with E-state index in [0.29, 0.717) is 30.2 Å². The fourth-order valence-corrected chi connectivity index (χ4v) is 4.08. The van der Waals surface area contributed by atoms with Gasteiger partial charge in [0.2, 0.25) is 5.28 Å². The summed E-state index contributed by atoms with van der Waals surface area (Å²) < 4.78 is 18.3. The van der Waals surface area contributed by atoms with Gasteiger partial charge in [0.1, 0.15) is 19.0 Å². The molecule has 2 saturated heterocycles. The number of rotatable bonds is 11. The number of hydrogen-bond acceptors (Lipinski definition) is 12. The molecule has 4 rings (SSSR count). The van der Waals surface area contributed by atoms with Crippen LogP contribution in [0.1, 0.15) is 33.4 Å². The second kappa shape index (κ2) is 11.5. The van der Waals surface area contributed by atoms with Crippen molar-refractivity contribution in [2.75, 3.05) is 38.4 Å². The second-order valence-electron chi connectivity index (χ2n) is 7.65. The average molecular weight is 502 g/mol. The molecule has 0 amide bonds. The van der Waals surface area contributed by atoms with Gasteiger partial charge in [-0.25, -0.2) is 34.5 Å². The molecule has 1 N–H and O–H groups in total. The summed E-state index contributed by atoms with van der Waals surface area (Å²) in [6.45, 7) is 6.57. The Kier molecular flexibility index (Phi) is 8.47. The number of fused-ring (bicyclic) bond motifs is 1. The topological polar surface area (TPSA) is 137 Å². The van der Waals surface area contributed by atoms with Crippen LogP contribution in [-0.2, 0) is 38.6 Å². The third-order valence-electron chi connectivity index (χ3n) is 5.29. The van der Waals surface area contributed by atoms with Crippen LogP contribution in [0.2, 0.25) is 5.28 Å². The molecular formula is C20H28ClN5O8. The molecule has 34 heavy (non-hydrogen) atoms. The first kappa shape index (κ1) is 25.0. The van der Waals surface area contributed by atoms with Crippen LogP contribution in [0.5, 0.6) is 0 Å². The lowest BCUT2D eigenvalue weighted by molar-refractivity contribution is -0.387. The molecular weight excluding hydrogens is 474 g/mol. The lowest BCUT2D eigenvalue weighted by Crippen LogP contribution is -2.39. The van der Waals surface area contributed by atoms with E-state index >= 15 is 0 Å². The van der Waals surface area contributed by atoms with Gasteiger partial charge in [-0.3, -0.25) is 9.36 Å². The predicted octanol–water partition coefficient (Wildman–Crippen LogP) is 1.81. The van der Waals surface area contributed by atoms with Crippen molar-refractivity contribution in [2.24, 2.45) is 0 Å². The molecule has 4 heterocycles. The van der Waals surface area contributed by atoms with E-state index in [-0.39, 0.29) is 31.1 Å². The molecule has 188 valence electrons. The maximum Gasteiger partial charge on any atom is 0.302 e. The van der Waals surface area contributed by atoms with Gasteiger partial charge in [0, 0.05) is 13.5 Å². The highest BCUT2D eigenvalue weighted by Crippen LogP contribution is 2.38. The standard InChI is InChI=1S/C20H28ClN5O8/c1-4-30-33-15-13(9-29-11(3)27)32-19(16(15)34-31-5-2)26-18-14(25-20(26)21)17(22-10-23-18)24-12-6-7-28-8-12/h10,12-13,15-16,19H,4-9H2,1-3H3,(H,22,23,24)/t12?,13-,15-,16-,19?/m1/s1. The highest BCUT2D eigenvalue weighted by atomic mass is 35.5. The Hall–Kier alpha value is -2.13. The van der Waals surface area contributed by atoms with Crippen molar-refractivity contribution < 1.29 is 38.6 Å². The lowest BCUT2D eigenvalue weighted by Gasteiger charge is -2.23. The first-order valence-electron chi connectivity index (χ1n) is 11.1. The molecule has 0 aromatic carbocycles. The number of hydrogen-bond donors (Lipinski definition) is 1. The summed E-state index contributed by atoms with van der Waals surface area (Å²) in [5.41, 5.74) is 0.878. The highest BCUT2D eigenvalue weighted by molar-refractivity contribution is 6.29. The van der Waals surface area contributed by atoms with Crippen molar-refractivity contribution >= 4 is 34.6 Å². The normalized spacial score (nSPS) is 26.9. The molecule has 2 aromatic heterocycles. The number of imidazole rings is 1. The van der Waals surface area contributed by atoms with Gasteiger partial charge in [0.25, 0.3) is 0 Å². The Labute approximate surface area is 200 Å². The number of nitrogens with one attached hydrogen (secondary N) is 1. The first-order valence-corrected chi connectivity index (χ1v) is 11.5. The molecule has 0 saturated carbocycles. The zero-order chi connectivity index (χ0) is 24.1. The largest absolute Gasteiger partial charge is 0.463 e. The fraction of sp³-hybridized carbons (Fsp3) is 0.700. The molecule has 2 fully saturated rings. The fourth-order valence-electron chi connectivity index (χ4n) is 3.82. The van der Waals surface area contributed by atoms with Crippen LogP contribution in [0.4, 0.5) is 5.82 Å². The second-order valence-corrected chi connectivity index (χ2v) is 7.99. The summed E-state index contributed by atoms with van der Waals surface area (Å²) in [6, 6.07) is 0.107. The summed E-state index contributed by atoms with van der Waals surface area (Å²) in [6.07, 6.45) is -1.02. The number of carbonyl (C=O) groups excluding carboxylic acids is 1. The molecule has 2 aliphatic heterocycles. The molecule has 0 spiro atoms. The van der Waals surface area contributed by atoms with E-state index in [9.17, 15) is 4.79 Å². The third kappa shape index (κ3) is 5.40. The number of anilines is 1. The average Bonchev–Trinajstić information content (AvgIpc) is 3.52. The van der Waals surface area contributed by atoms with E-state index in [1.807, 2.05) is 0 Å². The van der Waals surface area contributed by atoms with Gasteiger partial charge in [-0.1, -0.05) is 0 Å². The minimum atomic E-state index is -0.882. The van der Waals surface area contributed by atoms with Crippen LogP contribution < -0.4 is 5.32 Å². The Morgan fingerprint density at radius 3 is 2.68 bits per heavy atom. The molecule has 13 nitrogen and oxygen atoms in total. The predicted molar refractivity (Wildman–Crippen MR) is 117 cm³/mol. The zero-order valence-corrected chi connectivity index (χ0v) is 19.9. The molecule has 14 heteroatoms. The van der Waals surface area contributed by atoms with Gasteiger partial charge in [0.05, 0.1) is 25.9 Å². The third-order valence-corrected chi connectivity index (χ3v) is 5.56. The van der Waals surface area contributed by atoms with Gasteiger partial charge in [0.15, 0.2) is 35.4 Å². The monoisotopic (exact) mass is 501 g/mol. The van der Waals surface area contributed by atoms with Crippen LogP contribution >= 0.6 is 11.6 Å². The van der Waals surface area contributed by atoms with Crippen molar-refractivity contribution in [3.63, 3.8) is 0 Å². The Morgan fingerprint density at radius 1 is 1.24 bits per heavy atom. The summed E-state index contributed by atoms with van der Waals surface area (Å²) in [5.74, 6) is 0.0648. The van der Waals surface area contributed by atoms with Crippen molar-refractivity contribution in [3.8, 4) is 0 Å². The van der Waals surface area contributed by atoms with Gasteiger partial charge in [-0.2, -0.15) is 0 Å². The van der Waals surface area contributed by atoms with Crippen molar-refractivity contribution in [2.45, 2.75) is 57.8 Å². The van der Waals surface area contributed by atoms with E-state index in [2.05, 4.69) is 20.3 Å². The smallest absolute Gasteiger partial charge is 0.302 e. The number of aromatic nitrogens is 4. The number of nitrogens with zero attached hydrogens (tertiary/aromatic N) is 4. The molecule has 2 aliphatic rings. The molecule has 0 bridgehead atoms. The van der Waals surface area contributed by atoms with Crippen molar-refractivity contribution in [1.82, 2.24) is 19.5 Å². The van der Waals surface area contributed by atoms with Gasteiger partial charge in [-0.15, -0.1) is 0 Å². The van der Waals surface area contributed by atoms with E-state index in [4.69, 9.17) is 45.4 Å². The van der Waals surface area contributed by atoms with Crippen LogP contribution in [-0.4, -0.2) is 82.9 Å². The summed E-state index contributed by atoms with van der Waals surface area (Å²) in [4.78, 5) is 46.2. The van der Waals surface area contributed by atoms with Crippen LogP contribution in [0.3, 0.4) is 0 Å². The summed E-state index contributed by atoms with van der Waals surface area (Å²) >= 11 is 6.56. The van der Waals surface area contributed by atoms with Crippen LogP contribution in [0.25, 0.3) is 11.2 Å². The van der Waals surface area contributed by atoms with Crippen molar-refractivity contribution in [3.05, 3.63) is 11.6 Å². The number of halogens is 1. The zero-order valence-electron chi connectivity index (χ0n) is 19.1. The molecule has 5 atom stereocenters. The molecule has 0 aliphatic carbocycles. The molecule has 2 aromatic rings. The van der Waals surface area contributed by atoms with E-state index in [1.54, 1.807) is 18.4 Å². The maximum absolute atomic E-state index is 11.4. The summed E-state index contributed by atoms with van der Waals surface area (Å²) in [5, 5.41) is 3.43. The SMILES string of the molecule is CCOO[C@@H]1[C@@H](COC(C)=O)OC(n2c(Cl)nc3c(NC4CCOC4)ncnc32)[C@@H]1OOCC. The minimum absolute atomic E-state index is 0.0940. The van der Waals surface area contributed by atoms with E-state index in [0.717, 1.165) is 6.42 Å². The lowest BCUT2D eigenvalue weighted by atomic mass is 10.1. The number of carbonyl (C=O) groups is 1. The molecule has 0 radical (unpaired) electrons. The minimum Gasteiger partial charge on any atom is -0.463 e. The van der Waals surface area contributed by atoms with Crippen LogP contribution in [0, 0.1) is 0 Å². The van der Waals surface area contributed by atoms with Crippen LogP contribution in [0.15, 0.2) is 6.33 Å². The Balaban J connectivity index is 1.68. The summed E-state index contributed by atoms with van der Waals surface area (Å²) in [7, 11) is 0.